The first-order valence-corrected chi connectivity index (χ1v) is 9.48. The summed E-state index contributed by atoms with van der Waals surface area (Å²) >= 11 is 0. The zero-order chi connectivity index (χ0) is 24.0. The van der Waals surface area contributed by atoms with Crippen molar-refractivity contribution in [2.24, 2.45) is 0 Å². The number of nitriles is 1. The Labute approximate surface area is 186 Å². The van der Waals surface area contributed by atoms with Crippen molar-refractivity contribution in [3.05, 3.63) is 65.5 Å². The number of halogens is 3. The Morgan fingerprint density at radius 3 is 2.67 bits per heavy atom. The Kier molecular flexibility index (Phi) is 6.97. The number of ether oxygens (including phenoxy) is 2. The molecular formula is C22H18F3N5O3. The molecule has 0 aliphatic rings. The number of hydrogen-bond donors (Lipinski definition) is 1. The van der Waals surface area contributed by atoms with Crippen LogP contribution in [0.5, 0.6) is 11.5 Å². The molecule has 0 bridgehead atoms. The van der Waals surface area contributed by atoms with E-state index in [0.29, 0.717) is 29.0 Å². The molecule has 0 spiro atoms. The first-order chi connectivity index (χ1) is 15.7. The molecule has 3 aromatic rings. The van der Waals surface area contributed by atoms with Crippen LogP contribution in [-0.2, 0) is 11.0 Å². The predicted molar refractivity (Wildman–Crippen MR) is 113 cm³/mol. The van der Waals surface area contributed by atoms with Gasteiger partial charge < -0.3 is 14.8 Å². The van der Waals surface area contributed by atoms with E-state index in [1.54, 1.807) is 31.2 Å². The highest BCUT2D eigenvalue weighted by Gasteiger charge is 2.30. The zero-order valence-electron chi connectivity index (χ0n) is 17.6. The number of alkyl halides is 3. The van der Waals surface area contributed by atoms with Crippen molar-refractivity contribution in [2.45, 2.75) is 13.1 Å². The van der Waals surface area contributed by atoms with Crippen molar-refractivity contribution in [3.8, 4) is 23.4 Å². The van der Waals surface area contributed by atoms with Crippen LogP contribution in [0.15, 0.2) is 48.7 Å². The van der Waals surface area contributed by atoms with Gasteiger partial charge >= 0.3 is 6.18 Å². The van der Waals surface area contributed by atoms with E-state index in [4.69, 9.17) is 14.7 Å². The second-order valence-corrected chi connectivity index (χ2v) is 6.67. The summed E-state index contributed by atoms with van der Waals surface area (Å²) in [7, 11) is 1.45. The van der Waals surface area contributed by atoms with Gasteiger partial charge in [-0.15, -0.1) is 0 Å². The molecule has 3 rings (SSSR count). The number of hydrogen-bond acceptors (Lipinski definition) is 6. The van der Waals surface area contributed by atoms with Gasteiger partial charge in [0, 0.05) is 18.3 Å². The average Bonchev–Trinajstić information content (AvgIpc) is 3.15. The molecule has 8 nitrogen and oxygen atoms in total. The Balaban J connectivity index is 1.75. The molecule has 0 saturated carbocycles. The number of methoxy groups -OCH3 is 1. The molecule has 0 unspecified atom stereocenters. The summed E-state index contributed by atoms with van der Waals surface area (Å²) in [6.45, 7) is 1.54. The Bertz CT molecular complexity index is 1210. The fraction of sp³-hybridized carbons (Fsp3) is 0.182. The third kappa shape index (κ3) is 5.88. The van der Waals surface area contributed by atoms with Gasteiger partial charge in [-0.2, -0.15) is 28.2 Å². The summed E-state index contributed by atoms with van der Waals surface area (Å²) in [5.74, 6) is 0.658. The van der Waals surface area contributed by atoms with Crippen LogP contribution < -0.4 is 14.8 Å². The largest absolute Gasteiger partial charge is 0.493 e. The number of carbonyl (C=O) groups is 1. The van der Waals surface area contributed by atoms with Crippen LogP contribution in [0.25, 0.3) is 11.9 Å². The summed E-state index contributed by atoms with van der Waals surface area (Å²) in [6.07, 6.45) is -0.987. The van der Waals surface area contributed by atoms with Crippen molar-refractivity contribution in [2.75, 3.05) is 19.0 Å². The van der Waals surface area contributed by atoms with Gasteiger partial charge in [-0.25, -0.2) is 4.98 Å². The van der Waals surface area contributed by atoms with Gasteiger partial charge in [-0.1, -0.05) is 6.07 Å². The molecule has 1 aromatic carbocycles. The average molecular weight is 457 g/mol. The van der Waals surface area contributed by atoms with Crippen molar-refractivity contribution in [3.63, 3.8) is 0 Å². The molecule has 170 valence electrons. The Morgan fingerprint density at radius 1 is 1.24 bits per heavy atom. The number of rotatable bonds is 7. The topological polar surface area (TPSA) is 102 Å². The number of pyridine rings is 1. The van der Waals surface area contributed by atoms with Gasteiger partial charge in [0.25, 0.3) is 0 Å². The summed E-state index contributed by atoms with van der Waals surface area (Å²) in [4.78, 5) is 16.2. The number of benzene rings is 1. The van der Waals surface area contributed by atoms with E-state index in [0.717, 1.165) is 6.07 Å². The maximum absolute atomic E-state index is 12.8. The molecule has 11 heteroatoms. The lowest BCUT2D eigenvalue weighted by Gasteiger charge is -2.09. The molecule has 1 N–H and O–H groups in total. The highest BCUT2D eigenvalue weighted by atomic mass is 19.4. The normalized spacial score (nSPS) is 11.3. The summed E-state index contributed by atoms with van der Waals surface area (Å²) in [5, 5.41) is 15.4. The molecule has 0 atom stereocenters. The number of carbonyl (C=O) groups excluding carboxylic acids is 1. The standard InChI is InChI=1S/C22H18F3N5O3/c1-14-11-20(30(29-14)19-7-5-16(13-27-19)22(23,24)25)28-21(31)8-4-15-3-6-17(33-10-9-26)18(12-15)32-2/h3-8,11-13H,10H2,1-2H3,(H,28,31)/b8-4+. The third-order valence-corrected chi connectivity index (χ3v) is 4.28. The molecule has 0 radical (unpaired) electrons. The first kappa shape index (κ1) is 23.3. The van der Waals surface area contributed by atoms with Crippen LogP contribution in [-0.4, -0.2) is 34.4 Å². The second-order valence-electron chi connectivity index (χ2n) is 6.67. The van der Waals surface area contributed by atoms with Gasteiger partial charge in [0.15, 0.2) is 23.9 Å². The zero-order valence-corrected chi connectivity index (χ0v) is 17.6. The maximum Gasteiger partial charge on any atom is 0.417 e. The van der Waals surface area contributed by atoms with E-state index >= 15 is 0 Å². The molecule has 0 aliphatic heterocycles. The number of anilines is 1. The number of amides is 1. The van der Waals surface area contributed by atoms with Crippen LogP contribution in [0.4, 0.5) is 19.0 Å². The Hall–Kier alpha value is -4.33. The lowest BCUT2D eigenvalue weighted by atomic mass is 10.2. The van der Waals surface area contributed by atoms with Crippen LogP contribution in [0.1, 0.15) is 16.8 Å². The summed E-state index contributed by atoms with van der Waals surface area (Å²) < 4.78 is 50.0. The summed E-state index contributed by atoms with van der Waals surface area (Å²) in [5.41, 5.74) is 0.289. The van der Waals surface area contributed by atoms with Crippen LogP contribution >= 0.6 is 0 Å². The highest BCUT2D eigenvalue weighted by molar-refractivity contribution is 6.01. The molecule has 33 heavy (non-hydrogen) atoms. The summed E-state index contributed by atoms with van der Waals surface area (Å²) in [6, 6.07) is 10.4. The van der Waals surface area contributed by atoms with E-state index in [-0.39, 0.29) is 18.2 Å². The van der Waals surface area contributed by atoms with E-state index in [1.165, 1.54) is 30.0 Å². The number of aromatic nitrogens is 3. The van der Waals surface area contributed by atoms with Crippen molar-refractivity contribution < 1.29 is 27.4 Å². The molecule has 0 saturated heterocycles. The van der Waals surface area contributed by atoms with Gasteiger partial charge in [0.1, 0.15) is 11.9 Å². The fourth-order valence-electron chi connectivity index (χ4n) is 2.80. The molecular weight excluding hydrogens is 439 g/mol. The molecule has 2 heterocycles. The number of nitrogens with zero attached hydrogens (tertiary/aromatic N) is 4. The minimum Gasteiger partial charge on any atom is -0.493 e. The van der Waals surface area contributed by atoms with Crippen molar-refractivity contribution >= 4 is 17.8 Å². The second kappa shape index (κ2) is 9.86. The highest BCUT2D eigenvalue weighted by Crippen LogP contribution is 2.30. The molecule has 2 aromatic heterocycles. The quantitative estimate of drug-likeness (QED) is 0.535. The molecule has 0 fully saturated rings. The molecule has 0 aliphatic carbocycles. The minimum atomic E-state index is -4.50. The van der Waals surface area contributed by atoms with Crippen LogP contribution in [0.3, 0.4) is 0 Å². The predicted octanol–water partition coefficient (Wildman–Crippen LogP) is 4.16. The van der Waals surface area contributed by atoms with Gasteiger partial charge in [-0.05, 0) is 42.8 Å². The van der Waals surface area contributed by atoms with E-state index in [9.17, 15) is 18.0 Å². The van der Waals surface area contributed by atoms with Crippen molar-refractivity contribution in [1.82, 2.24) is 14.8 Å². The monoisotopic (exact) mass is 457 g/mol. The van der Waals surface area contributed by atoms with E-state index in [2.05, 4.69) is 15.4 Å². The van der Waals surface area contributed by atoms with Crippen molar-refractivity contribution in [1.29, 1.82) is 5.26 Å². The first-order valence-electron chi connectivity index (χ1n) is 9.48. The number of aryl methyl sites for hydroxylation is 1. The SMILES string of the molecule is COc1cc(/C=C/C(=O)Nc2cc(C)nn2-c2ccc(C(F)(F)F)cn2)ccc1OCC#N. The number of nitrogens with one attached hydrogen (secondary N) is 1. The third-order valence-electron chi connectivity index (χ3n) is 4.28. The van der Waals surface area contributed by atoms with Gasteiger partial charge in [0.05, 0.1) is 18.4 Å². The van der Waals surface area contributed by atoms with Gasteiger partial charge in [-0.3, -0.25) is 4.79 Å². The minimum absolute atomic E-state index is 0.119. The smallest absolute Gasteiger partial charge is 0.417 e. The van der Waals surface area contributed by atoms with Crippen LogP contribution in [0, 0.1) is 18.3 Å². The van der Waals surface area contributed by atoms with Gasteiger partial charge in [0.2, 0.25) is 5.91 Å². The van der Waals surface area contributed by atoms with E-state index < -0.39 is 17.6 Å². The fourth-order valence-corrected chi connectivity index (χ4v) is 2.80. The van der Waals surface area contributed by atoms with E-state index in [1.807, 2.05) is 6.07 Å². The Morgan fingerprint density at radius 2 is 2.03 bits per heavy atom. The maximum atomic E-state index is 12.8. The lowest BCUT2D eigenvalue weighted by molar-refractivity contribution is -0.137. The molecule has 1 amide bonds. The lowest BCUT2D eigenvalue weighted by Crippen LogP contribution is -2.13. The van der Waals surface area contributed by atoms with Crippen LogP contribution in [0.2, 0.25) is 0 Å².